The van der Waals surface area contributed by atoms with E-state index in [9.17, 15) is 5.21 Å². The summed E-state index contributed by atoms with van der Waals surface area (Å²) in [7, 11) is 0. The van der Waals surface area contributed by atoms with Gasteiger partial charge in [0.05, 0.1) is 5.71 Å². The van der Waals surface area contributed by atoms with Crippen molar-refractivity contribution < 1.29 is 5.21 Å². The van der Waals surface area contributed by atoms with E-state index in [0.29, 0.717) is 12.1 Å². The SMILES string of the molecule is Cc1cc(C(CC(c2cccc(Br)c2)c2ccccc2C)=NO)ccn1. The largest absolute Gasteiger partial charge is 0.411 e. The lowest BCUT2D eigenvalue weighted by Gasteiger charge is -2.21. The third-order valence-electron chi connectivity index (χ3n) is 4.56. The van der Waals surface area contributed by atoms with Crippen LogP contribution in [-0.4, -0.2) is 15.9 Å². The van der Waals surface area contributed by atoms with Crippen LogP contribution in [0.4, 0.5) is 0 Å². The van der Waals surface area contributed by atoms with Gasteiger partial charge in [-0.3, -0.25) is 4.98 Å². The summed E-state index contributed by atoms with van der Waals surface area (Å²) in [5.41, 5.74) is 6.09. The first-order chi connectivity index (χ1) is 12.6. The minimum Gasteiger partial charge on any atom is -0.411 e. The molecule has 0 saturated carbocycles. The Labute approximate surface area is 162 Å². The quantitative estimate of drug-likeness (QED) is 0.326. The third-order valence-corrected chi connectivity index (χ3v) is 5.06. The Morgan fingerprint density at radius 1 is 1.08 bits per heavy atom. The number of pyridine rings is 1. The fraction of sp³-hybridized carbons (Fsp3) is 0.182. The van der Waals surface area contributed by atoms with Gasteiger partial charge in [-0.1, -0.05) is 57.5 Å². The van der Waals surface area contributed by atoms with Gasteiger partial charge in [-0.05, 0) is 54.8 Å². The highest BCUT2D eigenvalue weighted by Crippen LogP contribution is 2.33. The first-order valence-corrected chi connectivity index (χ1v) is 9.32. The molecule has 3 aromatic rings. The molecule has 2 aromatic carbocycles. The monoisotopic (exact) mass is 408 g/mol. The minimum atomic E-state index is 0.0908. The first-order valence-electron chi connectivity index (χ1n) is 8.53. The summed E-state index contributed by atoms with van der Waals surface area (Å²) in [4.78, 5) is 4.23. The maximum atomic E-state index is 9.70. The van der Waals surface area contributed by atoms with Crippen molar-refractivity contribution in [3.8, 4) is 0 Å². The number of oxime groups is 1. The van der Waals surface area contributed by atoms with Crippen LogP contribution in [0.15, 0.2) is 76.5 Å². The highest BCUT2D eigenvalue weighted by molar-refractivity contribution is 9.10. The fourth-order valence-corrected chi connectivity index (χ4v) is 3.66. The molecule has 0 saturated heterocycles. The highest BCUT2D eigenvalue weighted by Gasteiger charge is 2.20. The van der Waals surface area contributed by atoms with Gasteiger partial charge in [-0.25, -0.2) is 0 Å². The summed E-state index contributed by atoms with van der Waals surface area (Å²) in [5, 5.41) is 13.3. The summed E-state index contributed by atoms with van der Waals surface area (Å²) in [6, 6.07) is 20.5. The second-order valence-corrected chi connectivity index (χ2v) is 7.32. The van der Waals surface area contributed by atoms with Crippen LogP contribution in [0.1, 0.15) is 40.3 Å². The molecule has 0 aliphatic heterocycles. The number of hydrogen-bond acceptors (Lipinski definition) is 3. The number of aryl methyl sites for hydroxylation is 2. The van der Waals surface area contributed by atoms with Gasteiger partial charge >= 0.3 is 0 Å². The molecular weight excluding hydrogens is 388 g/mol. The predicted octanol–water partition coefficient (Wildman–Crippen LogP) is 5.86. The van der Waals surface area contributed by atoms with Gasteiger partial charge in [0, 0.05) is 34.3 Å². The second kappa shape index (κ2) is 8.28. The van der Waals surface area contributed by atoms with Crippen molar-refractivity contribution in [1.29, 1.82) is 0 Å². The van der Waals surface area contributed by atoms with E-state index in [1.54, 1.807) is 6.20 Å². The van der Waals surface area contributed by atoms with E-state index in [1.807, 2.05) is 37.3 Å². The number of hydrogen-bond donors (Lipinski definition) is 1. The molecule has 0 aliphatic rings. The van der Waals surface area contributed by atoms with E-state index in [4.69, 9.17) is 0 Å². The first kappa shape index (κ1) is 18.3. The summed E-state index contributed by atoms with van der Waals surface area (Å²) < 4.78 is 1.04. The zero-order chi connectivity index (χ0) is 18.5. The van der Waals surface area contributed by atoms with Crippen LogP contribution < -0.4 is 0 Å². The Bertz CT molecular complexity index is 937. The Kier molecular flexibility index (Phi) is 5.84. The van der Waals surface area contributed by atoms with Crippen LogP contribution in [0.25, 0.3) is 0 Å². The van der Waals surface area contributed by atoms with E-state index in [-0.39, 0.29) is 5.92 Å². The lowest BCUT2D eigenvalue weighted by atomic mass is 9.83. The number of halogens is 1. The number of rotatable bonds is 5. The van der Waals surface area contributed by atoms with Crippen molar-refractivity contribution >= 4 is 21.6 Å². The molecule has 0 spiro atoms. The number of nitrogens with zero attached hydrogens (tertiary/aromatic N) is 2. The Morgan fingerprint density at radius 2 is 1.88 bits per heavy atom. The Balaban J connectivity index is 2.05. The molecule has 1 heterocycles. The molecule has 0 aliphatic carbocycles. The molecule has 0 radical (unpaired) electrons. The van der Waals surface area contributed by atoms with Gasteiger partial charge in [-0.2, -0.15) is 0 Å². The summed E-state index contributed by atoms with van der Waals surface area (Å²) in [5.74, 6) is 0.0908. The van der Waals surface area contributed by atoms with Crippen LogP contribution >= 0.6 is 15.9 Å². The zero-order valence-corrected chi connectivity index (χ0v) is 16.4. The van der Waals surface area contributed by atoms with E-state index in [2.05, 4.69) is 63.3 Å². The highest BCUT2D eigenvalue weighted by atomic mass is 79.9. The van der Waals surface area contributed by atoms with Gasteiger partial charge in [0.2, 0.25) is 0 Å². The van der Waals surface area contributed by atoms with E-state index < -0.39 is 0 Å². The van der Waals surface area contributed by atoms with Crippen LogP contribution in [0.2, 0.25) is 0 Å². The maximum Gasteiger partial charge on any atom is 0.0878 e. The van der Waals surface area contributed by atoms with Gasteiger partial charge in [0.15, 0.2) is 0 Å². The topological polar surface area (TPSA) is 45.5 Å². The predicted molar refractivity (Wildman–Crippen MR) is 109 cm³/mol. The van der Waals surface area contributed by atoms with Gasteiger partial charge in [-0.15, -0.1) is 0 Å². The maximum absolute atomic E-state index is 9.70. The van der Waals surface area contributed by atoms with E-state index in [0.717, 1.165) is 15.7 Å². The van der Waals surface area contributed by atoms with Crippen molar-refractivity contribution in [3.63, 3.8) is 0 Å². The van der Waals surface area contributed by atoms with Gasteiger partial charge in [0.25, 0.3) is 0 Å². The second-order valence-electron chi connectivity index (χ2n) is 6.40. The van der Waals surface area contributed by atoms with E-state index in [1.165, 1.54) is 16.7 Å². The molecule has 1 aromatic heterocycles. The lowest BCUT2D eigenvalue weighted by molar-refractivity contribution is 0.317. The van der Waals surface area contributed by atoms with Crippen LogP contribution in [0.5, 0.6) is 0 Å². The molecule has 0 fully saturated rings. The molecule has 132 valence electrons. The minimum absolute atomic E-state index is 0.0908. The van der Waals surface area contributed by atoms with Crippen LogP contribution in [-0.2, 0) is 0 Å². The molecule has 26 heavy (non-hydrogen) atoms. The molecule has 1 atom stereocenters. The van der Waals surface area contributed by atoms with Crippen LogP contribution in [0, 0.1) is 13.8 Å². The van der Waals surface area contributed by atoms with Crippen molar-refractivity contribution in [2.45, 2.75) is 26.2 Å². The average Bonchev–Trinajstić information content (AvgIpc) is 2.64. The van der Waals surface area contributed by atoms with Crippen LogP contribution in [0.3, 0.4) is 0 Å². The molecule has 1 unspecified atom stereocenters. The zero-order valence-electron chi connectivity index (χ0n) is 14.9. The summed E-state index contributed by atoms with van der Waals surface area (Å²) >= 11 is 3.57. The van der Waals surface area contributed by atoms with Crippen molar-refractivity contribution in [2.75, 3.05) is 0 Å². The van der Waals surface area contributed by atoms with Crippen molar-refractivity contribution in [2.24, 2.45) is 5.16 Å². The number of aromatic nitrogens is 1. The van der Waals surface area contributed by atoms with Crippen molar-refractivity contribution in [1.82, 2.24) is 4.98 Å². The normalized spacial score (nSPS) is 12.8. The fourth-order valence-electron chi connectivity index (χ4n) is 3.24. The summed E-state index contributed by atoms with van der Waals surface area (Å²) in [6.07, 6.45) is 2.35. The average molecular weight is 409 g/mol. The van der Waals surface area contributed by atoms with Gasteiger partial charge < -0.3 is 5.21 Å². The standard InChI is InChI=1S/C22H21BrN2O/c1-15-6-3-4-9-20(15)21(17-7-5-8-19(23)13-17)14-22(25-26)18-10-11-24-16(2)12-18/h3-13,21,26H,14H2,1-2H3. The lowest BCUT2D eigenvalue weighted by Crippen LogP contribution is -2.12. The molecule has 0 bridgehead atoms. The van der Waals surface area contributed by atoms with Crippen molar-refractivity contribution in [3.05, 3.63) is 99.3 Å². The van der Waals surface area contributed by atoms with E-state index >= 15 is 0 Å². The molecule has 3 rings (SSSR count). The third kappa shape index (κ3) is 4.20. The summed E-state index contributed by atoms with van der Waals surface area (Å²) in [6.45, 7) is 4.05. The molecule has 3 nitrogen and oxygen atoms in total. The molecule has 0 amide bonds. The Morgan fingerprint density at radius 3 is 2.58 bits per heavy atom. The van der Waals surface area contributed by atoms with Gasteiger partial charge in [0.1, 0.15) is 0 Å². The molecule has 1 N–H and O–H groups in total. The Hall–Kier alpha value is -2.46. The smallest absolute Gasteiger partial charge is 0.0878 e. The molecular formula is C22H21BrN2O. The molecule has 4 heteroatoms. The number of benzene rings is 2.